The second-order valence-corrected chi connectivity index (χ2v) is 5.00. The Balaban J connectivity index is 1.66. The van der Waals surface area contributed by atoms with Crippen molar-refractivity contribution in [3.8, 4) is 0 Å². The largest absolute Gasteiger partial charge is 0.328 e. The Kier molecular flexibility index (Phi) is 2.41. The van der Waals surface area contributed by atoms with Crippen LogP contribution in [-0.2, 0) is 13.1 Å². The molecular weight excluding hydrogens is 270 g/mol. The zero-order valence-corrected chi connectivity index (χ0v) is 11.0. The maximum Gasteiger partial charge on any atom is 0.323 e. The summed E-state index contributed by atoms with van der Waals surface area (Å²) in [6, 6.07) is 5.12. The average molecular weight is 281 g/mol. The number of carbonyl (C=O) groups excluding carboxylic acids is 1. The highest BCUT2D eigenvalue weighted by Gasteiger charge is 2.25. The second kappa shape index (κ2) is 4.27. The van der Waals surface area contributed by atoms with Gasteiger partial charge in [-0.3, -0.25) is 4.79 Å². The molecule has 2 aromatic heterocycles. The van der Waals surface area contributed by atoms with E-state index in [1.807, 2.05) is 0 Å². The molecule has 3 aromatic rings. The fraction of sp³-hybridized carbons (Fsp3) is 0.143. The third-order valence-electron chi connectivity index (χ3n) is 3.63. The van der Waals surface area contributed by atoms with E-state index in [9.17, 15) is 9.59 Å². The number of hydrogen-bond acceptors (Lipinski definition) is 4. The van der Waals surface area contributed by atoms with Crippen LogP contribution in [0.5, 0.6) is 0 Å². The molecule has 0 spiro atoms. The number of fused-ring (bicyclic) bond motifs is 2. The molecule has 0 saturated carbocycles. The minimum atomic E-state index is -0.279. The number of aromatic amines is 2. The molecule has 1 aliphatic rings. The summed E-state index contributed by atoms with van der Waals surface area (Å²) < 4.78 is 0. The summed E-state index contributed by atoms with van der Waals surface area (Å²) in [5, 5.41) is 0. The highest BCUT2D eigenvalue weighted by Crippen LogP contribution is 2.22. The molecular formula is C14H11N5O2. The lowest BCUT2D eigenvalue weighted by Crippen LogP contribution is -2.25. The highest BCUT2D eigenvalue weighted by molar-refractivity contribution is 5.97. The maximum atomic E-state index is 12.5. The molecule has 0 radical (unpaired) electrons. The summed E-state index contributed by atoms with van der Waals surface area (Å²) in [6.07, 6.45) is 3.23. The van der Waals surface area contributed by atoms with E-state index in [4.69, 9.17) is 0 Å². The molecule has 0 bridgehead atoms. The predicted molar refractivity (Wildman–Crippen MR) is 74.5 cm³/mol. The van der Waals surface area contributed by atoms with Crippen molar-refractivity contribution < 1.29 is 4.79 Å². The van der Waals surface area contributed by atoms with Crippen molar-refractivity contribution in [3.63, 3.8) is 0 Å². The lowest BCUT2D eigenvalue weighted by atomic mass is 10.2. The molecule has 4 rings (SSSR count). The molecule has 104 valence electrons. The van der Waals surface area contributed by atoms with Crippen molar-refractivity contribution in [3.05, 3.63) is 58.0 Å². The van der Waals surface area contributed by atoms with E-state index < -0.39 is 0 Å². The normalized spacial score (nSPS) is 13.6. The molecule has 1 amide bonds. The number of nitrogens with one attached hydrogen (secondary N) is 2. The van der Waals surface area contributed by atoms with Gasteiger partial charge in [0.2, 0.25) is 0 Å². The summed E-state index contributed by atoms with van der Waals surface area (Å²) in [4.78, 5) is 39.0. The molecule has 0 atom stereocenters. The Morgan fingerprint density at radius 3 is 2.90 bits per heavy atom. The van der Waals surface area contributed by atoms with Crippen LogP contribution in [0.15, 0.2) is 35.5 Å². The number of amides is 1. The van der Waals surface area contributed by atoms with Crippen LogP contribution in [0.25, 0.3) is 11.0 Å². The summed E-state index contributed by atoms with van der Waals surface area (Å²) in [5.41, 5.74) is 3.43. The van der Waals surface area contributed by atoms with Crippen molar-refractivity contribution >= 4 is 16.9 Å². The fourth-order valence-corrected chi connectivity index (χ4v) is 2.59. The maximum absolute atomic E-state index is 12.5. The molecule has 1 aromatic carbocycles. The first-order valence-corrected chi connectivity index (χ1v) is 6.50. The van der Waals surface area contributed by atoms with Gasteiger partial charge in [-0.05, 0) is 18.2 Å². The molecule has 0 unspecified atom stereocenters. The molecule has 7 nitrogen and oxygen atoms in total. The van der Waals surface area contributed by atoms with Crippen molar-refractivity contribution in [1.82, 2.24) is 24.8 Å². The van der Waals surface area contributed by atoms with Gasteiger partial charge >= 0.3 is 5.69 Å². The molecule has 0 fully saturated rings. The summed E-state index contributed by atoms with van der Waals surface area (Å²) in [7, 11) is 0. The van der Waals surface area contributed by atoms with Crippen molar-refractivity contribution in [2.24, 2.45) is 0 Å². The van der Waals surface area contributed by atoms with Crippen molar-refractivity contribution in [1.29, 1.82) is 0 Å². The third-order valence-corrected chi connectivity index (χ3v) is 3.63. The predicted octanol–water partition coefficient (Wildman–Crippen LogP) is 0.802. The van der Waals surface area contributed by atoms with Gasteiger partial charge in [-0.15, -0.1) is 0 Å². The van der Waals surface area contributed by atoms with E-state index in [1.165, 1.54) is 6.33 Å². The number of imidazole rings is 1. The molecule has 1 aliphatic heterocycles. The minimum absolute atomic E-state index is 0.0862. The van der Waals surface area contributed by atoms with Gasteiger partial charge in [-0.1, -0.05) is 0 Å². The van der Waals surface area contributed by atoms with Crippen molar-refractivity contribution in [2.45, 2.75) is 13.1 Å². The number of H-pyrrole nitrogens is 2. The lowest BCUT2D eigenvalue weighted by Gasteiger charge is -2.14. The molecule has 0 aliphatic carbocycles. The van der Waals surface area contributed by atoms with Crippen LogP contribution in [0.2, 0.25) is 0 Å². The van der Waals surface area contributed by atoms with Gasteiger partial charge in [0.25, 0.3) is 5.91 Å². The molecule has 21 heavy (non-hydrogen) atoms. The molecule has 2 N–H and O–H groups in total. The van der Waals surface area contributed by atoms with E-state index in [0.717, 1.165) is 11.3 Å². The van der Waals surface area contributed by atoms with E-state index in [2.05, 4.69) is 19.9 Å². The second-order valence-electron chi connectivity index (χ2n) is 5.00. The first-order valence-electron chi connectivity index (χ1n) is 6.50. The zero-order chi connectivity index (χ0) is 14.4. The fourth-order valence-electron chi connectivity index (χ4n) is 2.59. The quantitative estimate of drug-likeness (QED) is 0.689. The van der Waals surface area contributed by atoms with Crippen molar-refractivity contribution in [2.75, 3.05) is 0 Å². The topological polar surface area (TPSA) is 94.7 Å². The number of hydrogen-bond donors (Lipinski definition) is 2. The Hall–Kier alpha value is -2.96. The molecule has 0 saturated heterocycles. The van der Waals surface area contributed by atoms with Crippen LogP contribution < -0.4 is 5.69 Å². The number of rotatable bonds is 1. The minimum Gasteiger partial charge on any atom is -0.328 e. The van der Waals surface area contributed by atoms with E-state index in [0.29, 0.717) is 29.7 Å². The summed E-state index contributed by atoms with van der Waals surface area (Å²) in [5.74, 6) is -0.0862. The number of aromatic nitrogens is 4. The Morgan fingerprint density at radius 2 is 2.05 bits per heavy atom. The van der Waals surface area contributed by atoms with Crippen LogP contribution in [0.4, 0.5) is 0 Å². The number of nitrogens with zero attached hydrogens (tertiary/aromatic N) is 3. The molecule has 3 heterocycles. The highest BCUT2D eigenvalue weighted by atomic mass is 16.2. The third kappa shape index (κ3) is 1.90. The lowest BCUT2D eigenvalue weighted by molar-refractivity contribution is 0.0750. The first-order chi connectivity index (χ1) is 10.2. The van der Waals surface area contributed by atoms with Gasteiger partial charge in [-0.2, -0.15) is 0 Å². The van der Waals surface area contributed by atoms with Gasteiger partial charge in [0, 0.05) is 23.9 Å². The number of carbonyl (C=O) groups is 1. The van der Waals surface area contributed by atoms with Gasteiger partial charge in [0.05, 0.1) is 23.3 Å². The van der Waals surface area contributed by atoms with Gasteiger partial charge in [0.15, 0.2) is 0 Å². The Labute approximate surface area is 118 Å². The van der Waals surface area contributed by atoms with Crippen LogP contribution in [0.1, 0.15) is 21.6 Å². The zero-order valence-electron chi connectivity index (χ0n) is 11.0. The standard InChI is InChI=1S/C14H11N5O2/c20-13(19-5-9-4-15-7-16-12(9)6-19)8-1-2-10-11(3-8)18-14(21)17-10/h1-4,7H,5-6H2,(H2,17,18,21). The Morgan fingerprint density at radius 1 is 1.19 bits per heavy atom. The summed E-state index contributed by atoms with van der Waals surface area (Å²) >= 11 is 0. The summed E-state index contributed by atoms with van der Waals surface area (Å²) in [6.45, 7) is 0.995. The monoisotopic (exact) mass is 281 g/mol. The van der Waals surface area contributed by atoms with E-state index in [-0.39, 0.29) is 11.6 Å². The van der Waals surface area contributed by atoms with Crippen LogP contribution in [0.3, 0.4) is 0 Å². The van der Waals surface area contributed by atoms with Crippen LogP contribution >= 0.6 is 0 Å². The van der Waals surface area contributed by atoms with E-state index >= 15 is 0 Å². The van der Waals surface area contributed by atoms with E-state index in [1.54, 1.807) is 29.3 Å². The van der Waals surface area contributed by atoms with Crippen LogP contribution in [-0.4, -0.2) is 30.7 Å². The Bertz CT molecular complexity index is 886. The van der Waals surface area contributed by atoms with Crippen LogP contribution in [0, 0.1) is 0 Å². The average Bonchev–Trinajstić information content (AvgIpc) is 3.07. The smallest absolute Gasteiger partial charge is 0.323 e. The number of benzene rings is 1. The van der Waals surface area contributed by atoms with Gasteiger partial charge < -0.3 is 14.9 Å². The SMILES string of the molecule is O=C(c1ccc2[nH]c(=O)[nH]c2c1)N1Cc2cncnc2C1. The first kappa shape index (κ1) is 11.8. The van der Waals surface area contributed by atoms with Gasteiger partial charge in [-0.25, -0.2) is 14.8 Å². The molecule has 7 heteroatoms. The van der Waals surface area contributed by atoms with Gasteiger partial charge in [0.1, 0.15) is 6.33 Å².